The summed E-state index contributed by atoms with van der Waals surface area (Å²) in [5.74, 6) is -1.05. The second-order valence-electron chi connectivity index (χ2n) is 6.98. The van der Waals surface area contributed by atoms with Gasteiger partial charge in [0.2, 0.25) is 0 Å². The highest BCUT2D eigenvalue weighted by Gasteiger charge is 2.35. The number of thioether (sulfide) groups is 1. The van der Waals surface area contributed by atoms with Gasteiger partial charge in [-0.05, 0) is 93.4 Å². The molecule has 1 aliphatic rings. The summed E-state index contributed by atoms with van der Waals surface area (Å²) in [4.78, 5) is 38.7. The van der Waals surface area contributed by atoms with Gasteiger partial charge in [-0.2, -0.15) is 0 Å². The Kier molecular flexibility index (Phi) is 6.97. The van der Waals surface area contributed by atoms with Crippen LogP contribution in [0, 0.1) is 5.82 Å². The fraction of sp³-hybridized carbons (Fsp3) is 0.0417. The van der Waals surface area contributed by atoms with Gasteiger partial charge in [-0.3, -0.25) is 14.5 Å². The number of nitrogens with zero attached hydrogens (tertiary/aromatic N) is 1. The van der Waals surface area contributed by atoms with E-state index in [9.17, 15) is 18.8 Å². The van der Waals surface area contributed by atoms with Crippen LogP contribution in [0.4, 0.5) is 9.18 Å². The average Bonchev–Trinajstić information content (AvgIpc) is 3.04. The van der Waals surface area contributed by atoms with Crippen LogP contribution in [0.5, 0.6) is 5.75 Å². The minimum absolute atomic E-state index is 0.0611. The number of carbonyl (C=O) groups is 3. The van der Waals surface area contributed by atoms with E-state index in [-0.39, 0.29) is 17.3 Å². The third kappa shape index (κ3) is 5.52. The summed E-state index contributed by atoms with van der Waals surface area (Å²) in [6, 6.07) is 16.9. The Morgan fingerprint density at radius 1 is 1.06 bits per heavy atom. The molecule has 3 aromatic carbocycles. The van der Waals surface area contributed by atoms with Crippen LogP contribution in [0.1, 0.15) is 21.5 Å². The maximum atomic E-state index is 13.1. The smallest absolute Gasteiger partial charge is 0.343 e. The van der Waals surface area contributed by atoms with Crippen molar-refractivity contribution >= 4 is 62.5 Å². The van der Waals surface area contributed by atoms with Crippen molar-refractivity contribution in [1.29, 1.82) is 0 Å². The molecule has 0 N–H and O–H groups in total. The molecule has 0 bridgehead atoms. The standard InChI is InChI=1S/C24H14BrClFNO4S/c25-19-11-15(3-10-20(19)32-23(30)16-4-6-17(26)7-5-16)12-21-22(29)28(24(31)33-21)13-14-1-8-18(27)9-2-14/h1-12H,13H2/b21-12-. The lowest BCUT2D eigenvalue weighted by Crippen LogP contribution is -2.27. The van der Waals surface area contributed by atoms with Crippen LogP contribution in [-0.4, -0.2) is 22.0 Å². The number of esters is 1. The average molecular weight is 547 g/mol. The van der Waals surface area contributed by atoms with E-state index < -0.39 is 17.1 Å². The molecule has 166 valence electrons. The third-order valence-corrected chi connectivity index (χ3v) is 6.44. The van der Waals surface area contributed by atoms with Crippen molar-refractivity contribution < 1.29 is 23.5 Å². The Hall–Kier alpha value is -2.94. The van der Waals surface area contributed by atoms with Crippen molar-refractivity contribution in [2.24, 2.45) is 0 Å². The van der Waals surface area contributed by atoms with Crippen LogP contribution in [0.2, 0.25) is 5.02 Å². The predicted molar refractivity (Wildman–Crippen MR) is 128 cm³/mol. The molecule has 0 radical (unpaired) electrons. The number of ether oxygens (including phenoxy) is 1. The molecule has 3 aromatic rings. The van der Waals surface area contributed by atoms with Gasteiger partial charge in [0.15, 0.2) is 0 Å². The first-order valence-electron chi connectivity index (χ1n) is 9.57. The van der Waals surface area contributed by atoms with E-state index in [2.05, 4.69) is 15.9 Å². The molecule has 0 saturated carbocycles. The van der Waals surface area contributed by atoms with Gasteiger partial charge in [-0.25, -0.2) is 9.18 Å². The fourth-order valence-electron chi connectivity index (χ4n) is 2.99. The Morgan fingerprint density at radius 3 is 2.42 bits per heavy atom. The van der Waals surface area contributed by atoms with Gasteiger partial charge in [0, 0.05) is 5.02 Å². The molecule has 4 rings (SSSR count). The Balaban J connectivity index is 1.47. The van der Waals surface area contributed by atoms with Gasteiger partial charge < -0.3 is 4.74 Å². The molecule has 1 saturated heterocycles. The molecule has 9 heteroatoms. The number of hydrogen-bond donors (Lipinski definition) is 0. The van der Waals surface area contributed by atoms with Gasteiger partial charge in [0.1, 0.15) is 11.6 Å². The van der Waals surface area contributed by atoms with E-state index in [0.717, 1.165) is 16.7 Å². The van der Waals surface area contributed by atoms with Crippen molar-refractivity contribution in [3.05, 3.63) is 104 Å². The van der Waals surface area contributed by atoms with Crippen LogP contribution in [0.3, 0.4) is 0 Å². The topological polar surface area (TPSA) is 63.7 Å². The monoisotopic (exact) mass is 545 g/mol. The minimum atomic E-state index is -0.540. The maximum absolute atomic E-state index is 13.1. The lowest BCUT2D eigenvalue weighted by molar-refractivity contribution is -0.123. The lowest BCUT2D eigenvalue weighted by atomic mass is 10.2. The summed E-state index contributed by atoms with van der Waals surface area (Å²) in [5, 5.41) is 0.113. The zero-order valence-corrected chi connectivity index (χ0v) is 19.9. The fourth-order valence-corrected chi connectivity index (χ4v) is 4.44. The number of rotatable bonds is 5. The second kappa shape index (κ2) is 9.91. The van der Waals surface area contributed by atoms with E-state index in [0.29, 0.717) is 31.9 Å². The zero-order chi connectivity index (χ0) is 23.5. The number of benzene rings is 3. The molecular weight excluding hydrogens is 533 g/mol. The molecule has 33 heavy (non-hydrogen) atoms. The third-order valence-electron chi connectivity index (χ3n) is 4.66. The SMILES string of the molecule is O=C(Oc1ccc(/C=C2\SC(=O)N(Cc3ccc(F)cc3)C2=O)cc1Br)c1ccc(Cl)cc1. The van der Waals surface area contributed by atoms with Crippen molar-refractivity contribution in [3.63, 3.8) is 0 Å². The molecule has 0 atom stereocenters. The summed E-state index contributed by atoms with van der Waals surface area (Å²) in [7, 11) is 0. The summed E-state index contributed by atoms with van der Waals surface area (Å²) >= 11 is 10.0. The van der Waals surface area contributed by atoms with E-state index in [1.54, 1.807) is 48.5 Å². The van der Waals surface area contributed by atoms with Crippen LogP contribution >= 0.6 is 39.3 Å². The van der Waals surface area contributed by atoms with Gasteiger partial charge in [0.25, 0.3) is 11.1 Å². The molecular formula is C24H14BrClFNO4S. The van der Waals surface area contributed by atoms with Crippen molar-refractivity contribution in [2.75, 3.05) is 0 Å². The summed E-state index contributed by atoms with van der Waals surface area (Å²) in [6.07, 6.45) is 1.59. The van der Waals surface area contributed by atoms with E-state index in [1.165, 1.54) is 24.3 Å². The molecule has 2 amide bonds. The van der Waals surface area contributed by atoms with E-state index in [4.69, 9.17) is 16.3 Å². The number of amides is 2. The Bertz CT molecular complexity index is 1280. The van der Waals surface area contributed by atoms with Gasteiger partial charge in [-0.15, -0.1) is 0 Å². The lowest BCUT2D eigenvalue weighted by Gasteiger charge is -2.12. The summed E-state index contributed by atoms with van der Waals surface area (Å²) < 4.78 is 19.0. The van der Waals surface area contributed by atoms with Gasteiger partial charge in [0.05, 0.1) is 21.5 Å². The van der Waals surface area contributed by atoms with Crippen molar-refractivity contribution in [1.82, 2.24) is 4.90 Å². The normalized spacial score (nSPS) is 14.8. The highest BCUT2D eigenvalue weighted by atomic mass is 79.9. The number of hydrogen-bond acceptors (Lipinski definition) is 5. The number of carbonyl (C=O) groups excluding carboxylic acids is 3. The summed E-state index contributed by atoms with van der Waals surface area (Å²) in [5.41, 5.74) is 1.64. The maximum Gasteiger partial charge on any atom is 0.343 e. The highest BCUT2D eigenvalue weighted by molar-refractivity contribution is 9.10. The first-order valence-corrected chi connectivity index (χ1v) is 11.6. The van der Waals surface area contributed by atoms with Crippen molar-refractivity contribution in [2.45, 2.75) is 6.54 Å². The molecule has 1 aliphatic heterocycles. The largest absolute Gasteiger partial charge is 0.422 e. The van der Waals surface area contributed by atoms with Crippen LogP contribution in [0.25, 0.3) is 6.08 Å². The first kappa shape index (κ1) is 23.2. The van der Waals surface area contributed by atoms with Crippen LogP contribution in [0.15, 0.2) is 76.1 Å². The number of imide groups is 1. The van der Waals surface area contributed by atoms with Crippen LogP contribution in [-0.2, 0) is 11.3 Å². The quantitative estimate of drug-likeness (QED) is 0.202. The molecule has 0 aliphatic carbocycles. The van der Waals surface area contributed by atoms with E-state index in [1.807, 2.05) is 0 Å². The minimum Gasteiger partial charge on any atom is -0.422 e. The van der Waals surface area contributed by atoms with Gasteiger partial charge in [-0.1, -0.05) is 29.8 Å². The highest BCUT2D eigenvalue weighted by Crippen LogP contribution is 2.35. The summed E-state index contributed by atoms with van der Waals surface area (Å²) in [6.45, 7) is 0.0611. The van der Waals surface area contributed by atoms with Crippen LogP contribution < -0.4 is 4.74 Å². The molecule has 0 unspecified atom stereocenters. The second-order valence-corrected chi connectivity index (χ2v) is 9.26. The van der Waals surface area contributed by atoms with E-state index >= 15 is 0 Å². The predicted octanol–water partition coefficient (Wildman–Crippen LogP) is 6.70. The molecule has 5 nitrogen and oxygen atoms in total. The van der Waals surface area contributed by atoms with Crippen molar-refractivity contribution in [3.8, 4) is 5.75 Å². The van der Waals surface area contributed by atoms with Gasteiger partial charge >= 0.3 is 5.97 Å². The zero-order valence-electron chi connectivity index (χ0n) is 16.8. The molecule has 0 spiro atoms. The molecule has 1 heterocycles. The molecule has 0 aromatic heterocycles. The number of halogens is 3. The Morgan fingerprint density at radius 2 is 1.76 bits per heavy atom. The first-order chi connectivity index (χ1) is 15.8. The Labute approximate surface area is 206 Å². The molecule has 1 fully saturated rings.